The summed E-state index contributed by atoms with van der Waals surface area (Å²) in [6, 6.07) is 6.83. The Bertz CT molecular complexity index is 712. The number of carbonyl (C=O) groups is 1. The van der Waals surface area contributed by atoms with Gasteiger partial charge in [-0.15, -0.1) is 0 Å². The topological polar surface area (TPSA) is 29.5 Å². The fourth-order valence-corrected chi connectivity index (χ4v) is 6.32. The summed E-state index contributed by atoms with van der Waals surface area (Å²) in [5.41, 5.74) is 3.03. The van der Waals surface area contributed by atoms with Crippen molar-refractivity contribution in [3.63, 3.8) is 0 Å². The molecule has 1 aromatic carbocycles. The second-order valence-corrected chi connectivity index (χ2v) is 9.91. The van der Waals surface area contributed by atoms with Crippen LogP contribution in [0.1, 0.15) is 75.3 Å². The van der Waals surface area contributed by atoms with Gasteiger partial charge in [-0.1, -0.05) is 13.0 Å². The van der Waals surface area contributed by atoms with E-state index < -0.39 is 0 Å². The first kappa shape index (κ1) is 19.9. The van der Waals surface area contributed by atoms with Gasteiger partial charge < -0.3 is 9.64 Å². The van der Waals surface area contributed by atoms with Crippen molar-refractivity contribution in [2.75, 3.05) is 27.2 Å². The molecule has 0 bridgehead atoms. The minimum atomic E-state index is -0.0195. The van der Waals surface area contributed by atoms with E-state index in [2.05, 4.69) is 44.1 Å². The molecular weight excluding hydrogens is 346 g/mol. The molecule has 0 radical (unpaired) electrons. The number of carbonyl (C=O) groups excluding carboxylic acids is 1. The van der Waals surface area contributed by atoms with Crippen molar-refractivity contribution in [2.45, 2.75) is 70.6 Å². The molecule has 0 saturated heterocycles. The molecule has 3 aliphatic rings. The Balaban J connectivity index is 1.36. The summed E-state index contributed by atoms with van der Waals surface area (Å²) in [5, 5.41) is 0. The zero-order chi connectivity index (χ0) is 19.7. The molecule has 154 valence electrons. The second kappa shape index (κ2) is 8.18. The standard InChI is InChI=1S/C25H37NO2/c1-25-14-13-21-20-10-8-19(28-16-6-4-5-15-26(2)3)17-18(20)7-9-22(21)23(25)11-12-24(25)27/h8,10,17,21-23H,4-7,9,11-16H2,1-3H3/t21-,22-,23+,25+/m1/s1. The summed E-state index contributed by atoms with van der Waals surface area (Å²) in [6.45, 7) is 4.24. The predicted molar refractivity (Wildman–Crippen MR) is 114 cm³/mol. The van der Waals surface area contributed by atoms with Crippen molar-refractivity contribution < 1.29 is 9.53 Å². The van der Waals surface area contributed by atoms with Crippen molar-refractivity contribution in [3.05, 3.63) is 29.3 Å². The molecular formula is C25H37NO2. The molecule has 0 N–H and O–H groups in total. The van der Waals surface area contributed by atoms with Gasteiger partial charge in [0.05, 0.1) is 6.61 Å². The van der Waals surface area contributed by atoms with Gasteiger partial charge >= 0.3 is 0 Å². The lowest BCUT2D eigenvalue weighted by Crippen LogP contribution is -2.42. The maximum Gasteiger partial charge on any atom is 0.139 e. The quantitative estimate of drug-likeness (QED) is 0.604. The third-order valence-corrected chi connectivity index (χ3v) is 7.93. The lowest BCUT2D eigenvalue weighted by molar-refractivity contribution is -0.129. The van der Waals surface area contributed by atoms with Gasteiger partial charge in [0.15, 0.2) is 0 Å². The lowest BCUT2D eigenvalue weighted by Gasteiger charge is -2.48. The second-order valence-electron chi connectivity index (χ2n) is 9.91. The number of Topliss-reactive ketones (excluding diaryl/α,β-unsaturated/α-hetero) is 1. The fourth-order valence-electron chi connectivity index (χ4n) is 6.32. The van der Waals surface area contributed by atoms with Crippen molar-refractivity contribution in [3.8, 4) is 5.75 Å². The number of nitrogens with zero attached hydrogens (tertiary/aromatic N) is 1. The molecule has 4 rings (SSSR count). The van der Waals surface area contributed by atoms with E-state index in [1.807, 2.05) is 0 Å². The highest BCUT2D eigenvalue weighted by Crippen LogP contribution is 2.59. The summed E-state index contributed by atoms with van der Waals surface area (Å²) in [4.78, 5) is 14.7. The van der Waals surface area contributed by atoms with Crippen LogP contribution in [0.25, 0.3) is 0 Å². The highest BCUT2D eigenvalue weighted by Gasteiger charge is 2.54. The Morgan fingerprint density at radius 3 is 2.79 bits per heavy atom. The van der Waals surface area contributed by atoms with E-state index in [0.717, 1.165) is 51.0 Å². The van der Waals surface area contributed by atoms with E-state index in [1.165, 1.54) is 31.2 Å². The smallest absolute Gasteiger partial charge is 0.139 e. The van der Waals surface area contributed by atoms with E-state index in [4.69, 9.17) is 4.74 Å². The molecule has 2 saturated carbocycles. The number of benzene rings is 1. The van der Waals surface area contributed by atoms with Crippen molar-refractivity contribution in [2.24, 2.45) is 17.3 Å². The number of ether oxygens (including phenoxy) is 1. The van der Waals surface area contributed by atoms with Gasteiger partial charge in [-0.3, -0.25) is 4.79 Å². The third kappa shape index (κ3) is 3.75. The van der Waals surface area contributed by atoms with Crippen LogP contribution in [-0.4, -0.2) is 37.9 Å². The molecule has 0 spiro atoms. The molecule has 3 aliphatic carbocycles. The van der Waals surface area contributed by atoms with Crippen LogP contribution < -0.4 is 4.74 Å². The maximum atomic E-state index is 12.5. The van der Waals surface area contributed by atoms with Crippen molar-refractivity contribution in [1.82, 2.24) is 4.90 Å². The van der Waals surface area contributed by atoms with E-state index >= 15 is 0 Å². The van der Waals surface area contributed by atoms with Gasteiger partial charge in [0.2, 0.25) is 0 Å². The average molecular weight is 384 g/mol. The zero-order valence-corrected chi connectivity index (χ0v) is 18.0. The van der Waals surface area contributed by atoms with Crippen LogP contribution in [0, 0.1) is 17.3 Å². The van der Waals surface area contributed by atoms with Crippen LogP contribution in [0.2, 0.25) is 0 Å². The first-order chi connectivity index (χ1) is 13.5. The fraction of sp³-hybridized carbons (Fsp3) is 0.720. The molecule has 0 aromatic heterocycles. The predicted octanol–water partition coefficient (Wildman–Crippen LogP) is 5.22. The molecule has 0 heterocycles. The van der Waals surface area contributed by atoms with Gasteiger partial charge in [-0.05, 0) is 113 Å². The highest BCUT2D eigenvalue weighted by atomic mass is 16.5. The maximum absolute atomic E-state index is 12.5. The summed E-state index contributed by atoms with van der Waals surface area (Å²) in [6.07, 6.45) is 10.2. The van der Waals surface area contributed by atoms with Crippen LogP contribution in [0.4, 0.5) is 0 Å². The van der Waals surface area contributed by atoms with Crippen molar-refractivity contribution in [1.29, 1.82) is 0 Å². The Kier molecular flexibility index (Phi) is 5.83. The van der Waals surface area contributed by atoms with Crippen LogP contribution in [-0.2, 0) is 11.2 Å². The minimum absolute atomic E-state index is 0.0195. The monoisotopic (exact) mass is 383 g/mol. The number of unbranched alkanes of at least 4 members (excludes halogenated alkanes) is 2. The largest absolute Gasteiger partial charge is 0.494 e. The van der Waals surface area contributed by atoms with Crippen LogP contribution in [0.15, 0.2) is 18.2 Å². The first-order valence-corrected chi connectivity index (χ1v) is 11.4. The number of hydrogen-bond donors (Lipinski definition) is 0. The number of aryl methyl sites for hydroxylation is 1. The Morgan fingerprint density at radius 1 is 1.11 bits per heavy atom. The molecule has 2 fully saturated rings. The summed E-state index contributed by atoms with van der Waals surface area (Å²) in [7, 11) is 4.26. The van der Waals surface area contributed by atoms with Gasteiger partial charge in [-0.2, -0.15) is 0 Å². The normalized spacial score (nSPS) is 31.4. The SMILES string of the molecule is CN(C)CCCCCOc1ccc2c(c1)CC[C@@H]1[C@@H]2CC[C@]2(C)C(=O)CC[C@@H]12. The molecule has 1 aromatic rings. The number of ketones is 1. The molecule has 0 aliphatic heterocycles. The number of fused-ring (bicyclic) bond motifs is 5. The number of rotatable bonds is 7. The van der Waals surface area contributed by atoms with Crippen LogP contribution in [0.5, 0.6) is 5.75 Å². The van der Waals surface area contributed by atoms with E-state index in [-0.39, 0.29) is 5.41 Å². The van der Waals surface area contributed by atoms with Crippen LogP contribution >= 0.6 is 0 Å². The molecule has 3 heteroatoms. The van der Waals surface area contributed by atoms with E-state index in [0.29, 0.717) is 23.5 Å². The molecule has 0 unspecified atom stereocenters. The van der Waals surface area contributed by atoms with Gasteiger partial charge in [-0.25, -0.2) is 0 Å². The molecule has 28 heavy (non-hydrogen) atoms. The van der Waals surface area contributed by atoms with Crippen molar-refractivity contribution >= 4 is 5.78 Å². The van der Waals surface area contributed by atoms with Crippen LogP contribution in [0.3, 0.4) is 0 Å². The zero-order valence-electron chi connectivity index (χ0n) is 18.0. The summed E-state index contributed by atoms with van der Waals surface area (Å²) < 4.78 is 6.06. The Hall–Kier alpha value is -1.35. The van der Waals surface area contributed by atoms with E-state index in [1.54, 1.807) is 5.56 Å². The molecule has 4 atom stereocenters. The molecule has 0 amide bonds. The van der Waals surface area contributed by atoms with E-state index in [9.17, 15) is 4.79 Å². The molecule has 3 nitrogen and oxygen atoms in total. The van der Waals surface area contributed by atoms with Gasteiger partial charge in [0.1, 0.15) is 11.5 Å². The average Bonchev–Trinajstić information content (AvgIpc) is 2.99. The minimum Gasteiger partial charge on any atom is -0.494 e. The lowest BCUT2D eigenvalue weighted by atomic mass is 9.55. The summed E-state index contributed by atoms with van der Waals surface area (Å²) in [5.74, 6) is 3.57. The summed E-state index contributed by atoms with van der Waals surface area (Å²) >= 11 is 0. The highest BCUT2D eigenvalue weighted by molar-refractivity contribution is 5.87. The Labute approximate surface area is 170 Å². The number of hydrogen-bond acceptors (Lipinski definition) is 3. The van der Waals surface area contributed by atoms with Gasteiger partial charge in [0, 0.05) is 11.8 Å². The Morgan fingerprint density at radius 2 is 1.96 bits per heavy atom. The first-order valence-electron chi connectivity index (χ1n) is 11.4. The van der Waals surface area contributed by atoms with Gasteiger partial charge in [0.25, 0.3) is 0 Å². The third-order valence-electron chi connectivity index (χ3n) is 7.93.